The molecule has 2 heterocycles. The van der Waals surface area contributed by atoms with Crippen molar-refractivity contribution in [2.45, 2.75) is 57.5 Å². The molecule has 0 bridgehead atoms. The summed E-state index contributed by atoms with van der Waals surface area (Å²) in [6, 6.07) is 12.3. The lowest BCUT2D eigenvalue weighted by atomic mass is 9.73. The van der Waals surface area contributed by atoms with Crippen LogP contribution in [0.1, 0.15) is 55.0 Å². The number of nitro groups is 1. The molecule has 3 aromatic rings. The van der Waals surface area contributed by atoms with Crippen LogP contribution in [0, 0.1) is 29.4 Å². The fourth-order valence-electron chi connectivity index (χ4n) is 4.92. The normalized spacial score (nSPS) is 18.6. The first kappa shape index (κ1) is 23.3. The Morgan fingerprint density at radius 3 is 2.74 bits per heavy atom. The number of anilines is 1. The van der Waals surface area contributed by atoms with Crippen molar-refractivity contribution in [3.05, 3.63) is 86.1 Å². The van der Waals surface area contributed by atoms with Gasteiger partial charge in [-0.2, -0.15) is 4.98 Å². The number of nitro benzene ring substituents is 1. The summed E-state index contributed by atoms with van der Waals surface area (Å²) in [5, 5.41) is 20.2. The van der Waals surface area contributed by atoms with Gasteiger partial charge < -0.3 is 5.32 Å². The zero-order valence-electron chi connectivity index (χ0n) is 20.2. The third-order valence-electron chi connectivity index (χ3n) is 6.56. The Hall–Kier alpha value is -3.46. The quantitative estimate of drug-likeness (QED) is 0.276. The number of nitrogens with one attached hydrogen (secondary N) is 1. The molecule has 2 aromatic carbocycles. The van der Waals surface area contributed by atoms with Crippen molar-refractivity contribution in [2.24, 2.45) is 5.41 Å². The zero-order valence-corrected chi connectivity index (χ0v) is 21.0. The number of non-ortho nitro benzene ring substituents is 1. The van der Waals surface area contributed by atoms with Gasteiger partial charge >= 0.3 is 0 Å². The van der Waals surface area contributed by atoms with Crippen LogP contribution in [0.2, 0.25) is 0 Å². The summed E-state index contributed by atoms with van der Waals surface area (Å²) >= 11 is 1.53. The van der Waals surface area contributed by atoms with E-state index in [1.165, 1.54) is 40.6 Å². The van der Waals surface area contributed by atoms with Gasteiger partial charge in [-0.3, -0.25) is 14.9 Å². The number of carbonyl (C=O) groups is 1. The molecule has 0 spiro atoms. The number of allylic oxidation sites excluding steroid dienone is 2. The number of nitrogens with zero attached hydrogens (tertiary/aromatic N) is 4. The number of aryl methyl sites for hydroxylation is 2. The number of Topliss-reactive ketones (excluding diaryl/α,β-unsaturated/α-hetero) is 1. The lowest BCUT2D eigenvalue weighted by molar-refractivity contribution is -0.384. The molecule has 0 fully saturated rings. The first-order valence-electron chi connectivity index (χ1n) is 11.5. The van der Waals surface area contributed by atoms with E-state index < -0.39 is 11.0 Å². The zero-order chi connectivity index (χ0) is 24.9. The predicted octanol–water partition coefficient (Wildman–Crippen LogP) is 5.75. The highest BCUT2D eigenvalue weighted by Gasteiger charge is 2.42. The Labute approximate surface area is 208 Å². The molecule has 0 radical (unpaired) electrons. The highest BCUT2D eigenvalue weighted by molar-refractivity contribution is 7.98. The number of benzene rings is 2. The summed E-state index contributed by atoms with van der Waals surface area (Å²) in [6.45, 7) is 8.32. The smallest absolute Gasteiger partial charge is 0.269 e. The number of carbonyl (C=O) groups excluding carboxylic acids is 1. The van der Waals surface area contributed by atoms with Crippen molar-refractivity contribution in [2.75, 3.05) is 5.32 Å². The molecule has 1 aliphatic heterocycles. The van der Waals surface area contributed by atoms with E-state index in [4.69, 9.17) is 10.1 Å². The topological polar surface area (TPSA) is 103 Å². The van der Waals surface area contributed by atoms with Crippen molar-refractivity contribution in [1.29, 1.82) is 0 Å². The number of fused-ring (bicyclic) bond motifs is 1. The summed E-state index contributed by atoms with van der Waals surface area (Å²) in [5.74, 6) is 1.30. The Kier molecular flexibility index (Phi) is 5.75. The van der Waals surface area contributed by atoms with E-state index in [9.17, 15) is 14.9 Å². The van der Waals surface area contributed by atoms with Crippen molar-refractivity contribution in [3.63, 3.8) is 0 Å². The highest BCUT2D eigenvalue weighted by atomic mass is 32.2. The van der Waals surface area contributed by atoms with Crippen molar-refractivity contribution in [1.82, 2.24) is 14.8 Å². The van der Waals surface area contributed by atoms with E-state index in [1.807, 2.05) is 6.07 Å². The molecule has 0 unspecified atom stereocenters. The van der Waals surface area contributed by atoms with Gasteiger partial charge in [-0.15, -0.1) is 5.10 Å². The maximum absolute atomic E-state index is 13.3. The molecule has 2 aliphatic rings. The van der Waals surface area contributed by atoms with Gasteiger partial charge in [0.1, 0.15) is 6.04 Å². The molecule has 35 heavy (non-hydrogen) atoms. The number of aromatic nitrogens is 3. The largest absolute Gasteiger partial charge is 0.328 e. The first-order valence-corrected chi connectivity index (χ1v) is 12.5. The summed E-state index contributed by atoms with van der Waals surface area (Å²) in [7, 11) is 0. The SMILES string of the molecule is Cc1ccc(CSc2nc3n(n2)[C@@H](c2cccc([N+](=O)[O-])c2)C2=C(CC(C)(C)CC2=O)N3)c(C)c1. The molecule has 9 heteroatoms. The monoisotopic (exact) mass is 489 g/mol. The van der Waals surface area contributed by atoms with Gasteiger partial charge in [0.15, 0.2) is 5.78 Å². The fraction of sp³-hybridized carbons (Fsp3) is 0.346. The summed E-state index contributed by atoms with van der Waals surface area (Å²) in [5.41, 5.74) is 5.56. The molecule has 180 valence electrons. The molecule has 0 saturated carbocycles. The minimum Gasteiger partial charge on any atom is -0.328 e. The van der Waals surface area contributed by atoms with E-state index in [2.05, 4.69) is 51.2 Å². The maximum Gasteiger partial charge on any atom is 0.269 e. The number of hydrogen-bond donors (Lipinski definition) is 1. The minimum atomic E-state index is -0.562. The van der Waals surface area contributed by atoms with E-state index in [-0.39, 0.29) is 16.9 Å². The second-order valence-corrected chi connectivity index (χ2v) is 11.0. The molecule has 0 saturated heterocycles. The van der Waals surface area contributed by atoms with Crippen LogP contribution in [0.5, 0.6) is 0 Å². The van der Waals surface area contributed by atoms with Gasteiger partial charge in [0.2, 0.25) is 11.1 Å². The third-order valence-corrected chi connectivity index (χ3v) is 7.45. The number of hydrogen-bond acceptors (Lipinski definition) is 7. The number of thioether (sulfide) groups is 1. The number of rotatable bonds is 5. The summed E-state index contributed by atoms with van der Waals surface area (Å²) in [4.78, 5) is 29.1. The molecule has 1 aromatic heterocycles. The molecule has 0 amide bonds. The Morgan fingerprint density at radius 2 is 2.00 bits per heavy atom. The van der Waals surface area contributed by atoms with E-state index in [0.29, 0.717) is 35.1 Å². The van der Waals surface area contributed by atoms with Crippen molar-refractivity contribution >= 4 is 29.2 Å². The van der Waals surface area contributed by atoms with Crippen LogP contribution in [0.25, 0.3) is 0 Å². The third kappa shape index (κ3) is 4.48. The Balaban J connectivity index is 1.55. The molecule has 1 N–H and O–H groups in total. The lowest BCUT2D eigenvalue weighted by Crippen LogP contribution is -2.36. The molecule has 1 atom stereocenters. The van der Waals surface area contributed by atoms with Crippen molar-refractivity contribution < 1.29 is 9.72 Å². The van der Waals surface area contributed by atoms with Crippen LogP contribution < -0.4 is 5.32 Å². The minimum absolute atomic E-state index is 0.0159. The van der Waals surface area contributed by atoms with E-state index in [0.717, 1.165) is 11.4 Å². The standard InChI is InChI=1S/C26H27N5O3S/c1-15-8-9-18(16(2)10-15)14-35-25-28-24-27-20-12-26(3,4)13-21(32)22(20)23(30(24)29-25)17-6-5-7-19(11-17)31(33)34/h5-11,23H,12-14H2,1-4H3,(H,27,28,29)/t23-/m0/s1. The number of ketones is 1. The van der Waals surface area contributed by atoms with Crippen LogP contribution in [0.15, 0.2) is 58.9 Å². The maximum atomic E-state index is 13.3. The second kappa shape index (κ2) is 8.64. The van der Waals surface area contributed by atoms with Crippen LogP contribution in [-0.4, -0.2) is 25.5 Å². The molecular formula is C26H27N5O3S. The van der Waals surface area contributed by atoms with Gasteiger partial charge in [0.25, 0.3) is 5.69 Å². The molecule has 8 nitrogen and oxygen atoms in total. The molecule has 5 rings (SSSR count). The second-order valence-electron chi connectivity index (χ2n) is 10.1. The summed E-state index contributed by atoms with van der Waals surface area (Å²) in [6.07, 6.45) is 1.11. The molecular weight excluding hydrogens is 462 g/mol. The first-order chi connectivity index (χ1) is 16.6. The average molecular weight is 490 g/mol. The Morgan fingerprint density at radius 1 is 1.20 bits per heavy atom. The van der Waals surface area contributed by atoms with Crippen LogP contribution in [0.3, 0.4) is 0 Å². The molecule has 1 aliphatic carbocycles. The Bertz CT molecular complexity index is 1390. The van der Waals surface area contributed by atoms with E-state index >= 15 is 0 Å². The van der Waals surface area contributed by atoms with Gasteiger partial charge in [-0.1, -0.05) is 61.5 Å². The summed E-state index contributed by atoms with van der Waals surface area (Å²) < 4.78 is 1.71. The van der Waals surface area contributed by atoms with Gasteiger partial charge in [0.05, 0.1) is 4.92 Å². The predicted molar refractivity (Wildman–Crippen MR) is 135 cm³/mol. The van der Waals surface area contributed by atoms with Crippen LogP contribution >= 0.6 is 11.8 Å². The average Bonchev–Trinajstić information content (AvgIpc) is 3.18. The van der Waals surface area contributed by atoms with Gasteiger partial charge in [-0.25, -0.2) is 4.68 Å². The van der Waals surface area contributed by atoms with Gasteiger partial charge in [-0.05, 0) is 42.4 Å². The van der Waals surface area contributed by atoms with Crippen molar-refractivity contribution in [3.8, 4) is 0 Å². The lowest BCUT2D eigenvalue weighted by Gasteiger charge is -2.38. The van der Waals surface area contributed by atoms with Crippen LogP contribution in [0.4, 0.5) is 11.6 Å². The van der Waals surface area contributed by atoms with Gasteiger partial charge in [0, 0.05) is 35.6 Å². The van der Waals surface area contributed by atoms with Crippen LogP contribution in [-0.2, 0) is 10.5 Å². The van der Waals surface area contributed by atoms with E-state index in [1.54, 1.807) is 10.7 Å². The fourth-order valence-corrected chi connectivity index (χ4v) is 5.82. The highest BCUT2D eigenvalue weighted by Crippen LogP contribution is 2.46.